The molecule has 5 heteroatoms. The Hall–Kier alpha value is -3.34. The van der Waals surface area contributed by atoms with Crippen LogP contribution >= 0.6 is 0 Å². The third kappa shape index (κ3) is 5.33. The van der Waals surface area contributed by atoms with Crippen LogP contribution in [-0.4, -0.2) is 24.5 Å². The molecule has 1 aromatic heterocycles. The van der Waals surface area contributed by atoms with E-state index in [-0.39, 0.29) is 5.91 Å². The van der Waals surface area contributed by atoms with Gasteiger partial charge in [0, 0.05) is 24.1 Å². The number of amides is 1. The van der Waals surface area contributed by atoms with Gasteiger partial charge in [-0.1, -0.05) is 18.2 Å². The second-order valence-corrected chi connectivity index (χ2v) is 6.79. The average molecular weight is 375 g/mol. The molecule has 0 bridgehead atoms. The molecule has 0 unspecified atom stereocenters. The quantitative estimate of drug-likeness (QED) is 0.633. The molecule has 28 heavy (non-hydrogen) atoms. The van der Waals surface area contributed by atoms with Crippen LogP contribution < -0.4 is 15.4 Å². The summed E-state index contributed by atoms with van der Waals surface area (Å²) in [6.45, 7) is 4.76. The molecular weight excluding hydrogens is 350 g/mol. The Morgan fingerprint density at radius 3 is 2.54 bits per heavy atom. The molecule has 5 nitrogen and oxygen atoms in total. The van der Waals surface area contributed by atoms with E-state index in [1.54, 1.807) is 19.4 Å². The second kappa shape index (κ2) is 9.04. The van der Waals surface area contributed by atoms with Crippen molar-refractivity contribution in [3.63, 3.8) is 0 Å². The Morgan fingerprint density at radius 1 is 1.00 bits per heavy atom. The summed E-state index contributed by atoms with van der Waals surface area (Å²) < 4.78 is 5.25. The number of carbonyl (C=O) groups is 1. The lowest BCUT2D eigenvalue weighted by Crippen LogP contribution is -2.14. The highest BCUT2D eigenvalue weighted by atomic mass is 16.5. The minimum absolute atomic E-state index is 0.221. The van der Waals surface area contributed by atoms with Gasteiger partial charge in [-0.25, -0.2) is 0 Å². The zero-order valence-corrected chi connectivity index (χ0v) is 16.5. The number of rotatable bonds is 7. The van der Waals surface area contributed by atoms with Gasteiger partial charge < -0.3 is 15.4 Å². The molecule has 0 radical (unpaired) electrons. The molecule has 3 aromatic rings. The predicted octanol–water partition coefficient (Wildman–Crippen LogP) is 4.61. The van der Waals surface area contributed by atoms with Crippen LogP contribution in [0.4, 0.5) is 11.4 Å². The van der Waals surface area contributed by atoms with Crippen LogP contribution in [0.1, 0.15) is 27.2 Å². The number of nitrogens with one attached hydrogen (secondary N) is 2. The molecule has 0 saturated carbocycles. The van der Waals surface area contributed by atoms with Crippen LogP contribution in [0.2, 0.25) is 0 Å². The van der Waals surface area contributed by atoms with E-state index in [1.165, 1.54) is 5.56 Å². The molecule has 1 amide bonds. The zero-order valence-electron chi connectivity index (χ0n) is 16.5. The first-order valence-electron chi connectivity index (χ1n) is 9.26. The summed E-state index contributed by atoms with van der Waals surface area (Å²) in [5.41, 5.74) is 5.43. The Labute approximate surface area is 165 Å². The van der Waals surface area contributed by atoms with Crippen LogP contribution in [0.25, 0.3) is 0 Å². The lowest BCUT2D eigenvalue weighted by atomic mass is 10.1. The molecule has 2 aromatic carbocycles. The summed E-state index contributed by atoms with van der Waals surface area (Å²) in [4.78, 5) is 16.7. The highest BCUT2D eigenvalue weighted by molar-refractivity contribution is 6.03. The molecule has 1 heterocycles. The summed E-state index contributed by atoms with van der Waals surface area (Å²) in [5, 5.41) is 6.27. The number of anilines is 2. The number of hydrogen-bond donors (Lipinski definition) is 2. The van der Waals surface area contributed by atoms with Crippen LogP contribution in [0.5, 0.6) is 5.75 Å². The summed E-state index contributed by atoms with van der Waals surface area (Å²) in [6.07, 6.45) is 2.49. The molecular formula is C23H25N3O2. The van der Waals surface area contributed by atoms with Gasteiger partial charge >= 0.3 is 0 Å². The lowest BCUT2D eigenvalue weighted by molar-refractivity contribution is 0.102. The Balaban J connectivity index is 1.60. The number of carbonyl (C=O) groups excluding carboxylic acids is 1. The lowest BCUT2D eigenvalue weighted by Gasteiger charge is -2.10. The van der Waals surface area contributed by atoms with Crippen molar-refractivity contribution in [1.82, 2.24) is 4.98 Å². The third-order valence-corrected chi connectivity index (χ3v) is 4.35. The maximum atomic E-state index is 12.5. The number of aromatic nitrogens is 1. The smallest absolute Gasteiger partial charge is 0.274 e. The van der Waals surface area contributed by atoms with E-state index in [0.717, 1.165) is 41.2 Å². The third-order valence-electron chi connectivity index (χ3n) is 4.35. The summed E-state index contributed by atoms with van der Waals surface area (Å²) in [5.74, 6) is 0.633. The largest absolute Gasteiger partial charge is 0.497 e. The number of aryl methyl sites for hydroxylation is 2. The first kappa shape index (κ1) is 19.4. The minimum atomic E-state index is -0.221. The van der Waals surface area contributed by atoms with Crippen LogP contribution in [0.15, 0.2) is 60.8 Å². The standard InChI is InChI=1S/C23H25N3O2/c1-16-11-17(2)13-20(12-16)26-23(27)22-15-19(8-10-25-22)24-9-7-18-5-4-6-21(14-18)28-3/h4-6,8,10-15H,7,9H2,1-3H3,(H,24,25)(H,26,27). The van der Waals surface area contributed by atoms with E-state index in [1.807, 2.05) is 50.2 Å². The van der Waals surface area contributed by atoms with Crippen molar-refractivity contribution >= 4 is 17.3 Å². The summed E-state index contributed by atoms with van der Waals surface area (Å²) in [6, 6.07) is 17.6. The molecule has 0 fully saturated rings. The van der Waals surface area contributed by atoms with Gasteiger partial charge in [0.2, 0.25) is 0 Å². The predicted molar refractivity (Wildman–Crippen MR) is 113 cm³/mol. The molecule has 0 saturated heterocycles. The number of methoxy groups -OCH3 is 1. The molecule has 0 atom stereocenters. The number of ether oxygens (including phenoxy) is 1. The van der Waals surface area contributed by atoms with Gasteiger partial charge in [0.25, 0.3) is 5.91 Å². The zero-order chi connectivity index (χ0) is 19.9. The van der Waals surface area contributed by atoms with Crippen molar-refractivity contribution in [3.8, 4) is 5.75 Å². The molecule has 2 N–H and O–H groups in total. The number of benzene rings is 2. The molecule has 0 aliphatic carbocycles. The van der Waals surface area contributed by atoms with Crippen molar-refractivity contribution in [2.24, 2.45) is 0 Å². The van der Waals surface area contributed by atoms with E-state index >= 15 is 0 Å². The van der Waals surface area contributed by atoms with Gasteiger partial charge in [0.05, 0.1) is 7.11 Å². The van der Waals surface area contributed by atoms with Crippen LogP contribution in [-0.2, 0) is 6.42 Å². The van der Waals surface area contributed by atoms with E-state index in [2.05, 4.69) is 27.8 Å². The first-order valence-corrected chi connectivity index (χ1v) is 9.26. The van der Waals surface area contributed by atoms with E-state index in [9.17, 15) is 4.79 Å². The van der Waals surface area contributed by atoms with Crippen molar-refractivity contribution in [3.05, 3.63) is 83.2 Å². The minimum Gasteiger partial charge on any atom is -0.497 e. The SMILES string of the molecule is COc1cccc(CCNc2ccnc(C(=O)Nc3cc(C)cc(C)c3)c2)c1. The summed E-state index contributed by atoms with van der Waals surface area (Å²) >= 11 is 0. The monoisotopic (exact) mass is 375 g/mol. The van der Waals surface area contributed by atoms with Gasteiger partial charge in [-0.3, -0.25) is 9.78 Å². The van der Waals surface area contributed by atoms with Gasteiger partial charge in [-0.05, 0) is 73.4 Å². The van der Waals surface area contributed by atoms with Crippen LogP contribution in [0.3, 0.4) is 0 Å². The number of hydrogen-bond acceptors (Lipinski definition) is 4. The molecule has 0 spiro atoms. The second-order valence-electron chi connectivity index (χ2n) is 6.79. The van der Waals surface area contributed by atoms with Crippen molar-refractivity contribution < 1.29 is 9.53 Å². The molecule has 144 valence electrons. The first-order chi connectivity index (χ1) is 13.5. The molecule has 0 aliphatic rings. The Kier molecular flexibility index (Phi) is 6.27. The molecule has 3 rings (SSSR count). The van der Waals surface area contributed by atoms with Crippen molar-refractivity contribution in [2.75, 3.05) is 24.3 Å². The maximum absolute atomic E-state index is 12.5. The highest BCUT2D eigenvalue weighted by Crippen LogP contribution is 2.16. The fourth-order valence-corrected chi connectivity index (χ4v) is 3.09. The van der Waals surface area contributed by atoms with E-state index in [4.69, 9.17) is 4.74 Å². The van der Waals surface area contributed by atoms with Gasteiger partial charge in [-0.15, -0.1) is 0 Å². The average Bonchev–Trinajstić information content (AvgIpc) is 2.67. The Morgan fingerprint density at radius 2 is 1.79 bits per heavy atom. The summed E-state index contributed by atoms with van der Waals surface area (Å²) in [7, 11) is 1.67. The number of nitrogens with zero attached hydrogens (tertiary/aromatic N) is 1. The topological polar surface area (TPSA) is 63.2 Å². The van der Waals surface area contributed by atoms with Crippen LogP contribution in [0, 0.1) is 13.8 Å². The fourth-order valence-electron chi connectivity index (χ4n) is 3.09. The molecule has 0 aliphatic heterocycles. The van der Waals surface area contributed by atoms with E-state index in [0.29, 0.717) is 5.69 Å². The number of pyridine rings is 1. The van der Waals surface area contributed by atoms with Crippen molar-refractivity contribution in [1.29, 1.82) is 0 Å². The van der Waals surface area contributed by atoms with Crippen molar-refractivity contribution in [2.45, 2.75) is 20.3 Å². The highest BCUT2D eigenvalue weighted by Gasteiger charge is 2.09. The van der Waals surface area contributed by atoms with Gasteiger partial charge in [0.1, 0.15) is 11.4 Å². The van der Waals surface area contributed by atoms with Gasteiger partial charge in [0.15, 0.2) is 0 Å². The van der Waals surface area contributed by atoms with E-state index < -0.39 is 0 Å². The maximum Gasteiger partial charge on any atom is 0.274 e. The van der Waals surface area contributed by atoms with Gasteiger partial charge in [-0.2, -0.15) is 0 Å². The normalized spacial score (nSPS) is 10.4. The Bertz CT molecular complexity index is 949. The fraction of sp³-hybridized carbons (Fsp3) is 0.217.